The summed E-state index contributed by atoms with van der Waals surface area (Å²) in [5.74, 6) is 2.14. The number of hydrogen-bond donors (Lipinski definition) is 2. The van der Waals surface area contributed by atoms with Crippen LogP contribution < -0.4 is 10.6 Å². The third-order valence-electron chi connectivity index (χ3n) is 3.70. The predicted octanol–water partition coefficient (Wildman–Crippen LogP) is 2.21. The molecule has 1 saturated heterocycles. The second-order valence-corrected chi connectivity index (χ2v) is 5.42. The van der Waals surface area contributed by atoms with Gasteiger partial charge >= 0.3 is 0 Å². The van der Waals surface area contributed by atoms with Crippen molar-refractivity contribution in [3.63, 3.8) is 0 Å². The standard InChI is InChI=1S/C13H26N2O.ClH/c1-10(2)11(3)8-15-13(16)5-4-12-6-7-14-9-12;/h10-12,14H,4-9H2,1-3H3,(H,15,16);1H. The van der Waals surface area contributed by atoms with Crippen LogP contribution in [0, 0.1) is 17.8 Å². The molecule has 1 amide bonds. The van der Waals surface area contributed by atoms with Crippen molar-refractivity contribution in [1.29, 1.82) is 0 Å². The summed E-state index contributed by atoms with van der Waals surface area (Å²) in [6, 6.07) is 0. The highest BCUT2D eigenvalue weighted by Crippen LogP contribution is 2.14. The van der Waals surface area contributed by atoms with Crippen LogP contribution in [0.25, 0.3) is 0 Å². The number of carbonyl (C=O) groups excluding carboxylic acids is 1. The summed E-state index contributed by atoms with van der Waals surface area (Å²) in [6.45, 7) is 9.61. The van der Waals surface area contributed by atoms with Gasteiger partial charge in [0.1, 0.15) is 0 Å². The number of carbonyl (C=O) groups is 1. The molecule has 2 atom stereocenters. The van der Waals surface area contributed by atoms with E-state index in [1.165, 1.54) is 6.42 Å². The highest BCUT2D eigenvalue weighted by molar-refractivity contribution is 5.85. The molecule has 0 radical (unpaired) electrons. The Kier molecular flexibility index (Phi) is 8.61. The molecule has 4 heteroatoms. The van der Waals surface area contributed by atoms with Crippen LogP contribution in [-0.2, 0) is 4.79 Å². The van der Waals surface area contributed by atoms with Crippen molar-refractivity contribution in [2.75, 3.05) is 19.6 Å². The fourth-order valence-electron chi connectivity index (χ4n) is 1.89. The Morgan fingerprint density at radius 3 is 2.65 bits per heavy atom. The SMILES string of the molecule is CC(C)C(C)CNC(=O)CCC1CCNC1.Cl. The molecule has 1 fully saturated rings. The lowest BCUT2D eigenvalue weighted by molar-refractivity contribution is -0.121. The Labute approximate surface area is 112 Å². The fraction of sp³-hybridized carbons (Fsp3) is 0.923. The number of nitrogens with one attached hydrogen (secondary N) is 2. The summed E-state index contributed by atoms with van der Waals surface area (Å²) < 4.78 is 0. The molecule has 0 aromatic carbocycles. The molecule has 1 heterocycles. The van der Waals surface area contributed by atoms with Crippen LogP contribution in [0.1, 0.15) is 40.0 Å². The minimum absolute atomic E-state index is 0. The zero-order chi connectivity index (χ0) is 12.0. The second kappa shape index (κ2) is 8.76. The molecule has 17 heavy (non-hydrogen) atoms. The van der Waals surface area contributed by atoms with E-state index in [0.29, 0.717) is 24.2 Å². The molecule has 102 valence electrons. The lowest BCUT2D eigenvalue weighted by atomic mass is 9.98. The molecule has 0 bridgehead atoms. The van der Waals surface area contributed by atoms with Crippen molar-refractivity contribution >= 4 is 18.3 Å². The summed E-state index contributed by atoms with van der Waals surface area (Å²) in [5, 5.41) is 6.36. The number of halogens is 1. The number of rotatable bonds is 6. The van der Waals surface area contributed by atoms with Crippen LogP contribution in [0.5, 0.6) is 0 Å². The van der Waals surface area contributed by atoms with E-state index in [2.05, 4.69) is 31.4 Å². The zero-order valence-electron chi connectivity index (χ0n) is 11.3. The first-order valence-electron chi connectivity index (χ1n) is 6.57. The fourth-order valence-corrected chi connectivity index (χ4v) is 1.89. The highest BCUT2D eigenvalue weighted by atomic mass is 35.5. The van der Waals surface area contributed by atoms with E-state index in [0.717, 1.165) is 26.1 Å². The predicted molar refractivity (Wildman–Crippen MR) is 74.5 cm³/mol. The Morgan fingerprint density at radius 2 is 2.12 bits per heavy atom. The van der Waals surface area contributed by atoms with Gasteiger partial charge in [-0.3, -0.25) is 4.79 Å². The normalized spacial score (nSPS) is 21.1. The quantitative estimate of drug-likeness (QED) is 0.771. The maximum absolute atomic E-state index is 11.6. The second-order valence-electron chi connectivity index (χ2n) is 5.42. The Hall–Kier alpha value is -0.280. The minimum Gasteiger partial charge on any atom is -0.356 e. The van der Waals surface area contributed by atoms with E-state index in [1.54, 1.807) is 0 Å². The smallest absolute Gasteiger partial charge is 0.220 e. The highest BCUT2D eigenvalue weighted by Gasteiger charge is 2.16. The third kappa shape index (κ3) is 6.89. The third-order valence-corrected chi connectivity index (χ3v) is 3.70. The van der Waals surface area contributed by atoms with Crippen molar-refractivity contribution < 1.29 is 4.79 Å². The van der Waals surface area contributed by atoms with Gasteiger partial charge in [-0.2, -0.15) is 0 Å². The van der Waals surface area contributed by atoms with Crippen LogP contribution >= 0.6 is 12.4 Å². The summed E-state index contributed by atoms with van der Waals surface area (Å²) in [6.07, 6.45) is 2.96. The Morgan fingerprint density at radius 1 is 1.41 bits per heavy atom. The first-order valence-corrected chi connectivity index (χ1v) is 6.57. The monoisotopic (exact) mass is 262 g/mol. The first kappa shape index (κ1) is 16.7. The van der Waals surface area contributed by atoms with Crippen molar-refractivity contribution in [3.8, 4) is 0 Å². The molecular weight excluding hydrogens is 236 g/mol. The van der Waals surface area contributed by atoms with E-state index in [4.69, 9.17) is 0 Å². The summed E-state index contributed by atoms with van der Waals surface area (Å²) >= 11 is 0. The number of hydrogen-bond acceptors (Lipinski definition) is 2. The molecule has 2 N–H and O–H groups in total. The summed E-state index contributed by atoms with van der Waals surface area (Å²) in [7, 11) is 0. The number of amides is 1. The molecule has 3 nitrogen and oxygen atoms in total. The van der Waals surface area contributed by atoms with Gasteiger partial charge in [-0.05, 0) is 43.7 Å². The van der Waals surface area contributed by atoms with Crippen LogP contribution in [0.2, 0.25) is 0 Å². The molecular formula is C13H27ClN2O. The van der Waals surface area contributed by atoms with Crippen molar-refractivity contribution in [2.24, 2.45) is 17.8 Å². The maximum atomic E-state index is 11.6. The lowest BCUT2D eigenvalue weighted by Crippen LogP contribution is -2.30. The molecule has 0 aromatic heterocycles. The van der Waals surface area contributed by atoms with Gasteiger partial charge in [0.05, 0.1) is 0 Å². The molecule has 0 aliphatic carbocycles. The molecule has 0 saturated carbocycles. The van der Waals surface area contributed by atoms with Gasteiger partial charge < -0.3 is 10.6 Å². The van der Waals surface area contributed by atoms with Crippen LogP contribution in [0.4, 0.5) is 0 Å². The van der Waals surface area contributed by atoms with Gasteiger partial charge in [0.2, 0.25) is 5.91 Å². The van der Waals surface area contributed by atoms with E-state index < -0.39 is 0 Å². The average molecular weight is 263 g/mol. The van der Waals surface area contributed by atoms with Crippen molar-refractivity contribution in [3.05, 3.63) is 0 Å². The zero-order valence-corrected chi connectivity index (χ0v) is 12.1. The van der Waals surface area contributed by atoms with Crippen molar-refractivity contribution in [1.82, 2.24) is 10.6 Å². The van der Waals surface area contributed by atoms with Crippen LogP contribution in [0.15, 0.2) is 0 Å². The molecule has 2 unspecified atom stereocenters. The largest absolute Gasteiger partial charge is 0.356 e. The van der Waals surface area contributed by atoms with E-state index in [9.17, 15) is 4.79 Å². The first-order chi connectivity index (χ1) is 7.59. The average Bonchev–Trinajstić information content (AvgIpc) is 2.75. The van der Waals surface area contributed by atoms with Crippen LogP contribution in [-0.4, -0.2) is 25.5 Å². The summed E-state index contributed by atoms with van der Waals surface area (Å²) in [4.78, 5) is 11.6. The lowest BCUT2D eigenvalue weighted by Gasteiger charge is -2.16. The van der Waals surface area contributed by atoms with E-state index in [1.807, 2.05) is 0 Å². The van der Waals surface area contributed by atoms with Gasteiger partial charge in [0.25, 0.3) is 0 Å². The molecule has 1 aliphatic rings. The summed E-state index contributed by atoms with van der Waals surface area (Å²) in [5.41, 5.74) is 0. The van der Waals surface area contributed by atoms with E-state index in [-0.39, 0.29) is 18.3 Å². The van der Waals surface area contributed by atoms with Gasteiger partial charge in [0, 0.05) is 13.0 Å². The Bertz CT molecular complexity index is 207. The van der Waals surface area contributed by atoms with Gasteiger partial charge in [-0.1, -0.05) is 20.8 Å². The molecule has 1 rings (SSSR count). The van der Waals surface area contributed by atoms with Gasteiger partial charge in [-0.25, -0.2) is 0 Å². The van der Waals surface area contributed by atoms with Gasteiger partial charge in [0.15, 0.2) is 0 Å². The minimum atomic E-state index is 0. The Balaban J connectivity index is 0.00000256. The molecule has 0 aromatic rings. The molecule has 0 spiro atoms. The van der Waals surface area contributed by atoms with Crippen LogP contribution in [0.3, 0.4) is 0 Å². The van der Waals surface area contributed by atoms with E-state index >= 15 is 0 Å². The van der Waals surface area contributed by atoms with Gasteiger partial charge in [-0.15, -0.1) is 12.4 Å². The van der Waals surface area contributed by atoms with Crippen molar-refractivity contribution in [2.45, 2.75) is 40.0 Å². The molecule has 1 aliphatic heterocycles. The topological polar surface area (TPSA) is 41.1 Å². The maximum Gasteiger partial charge on any atom is 0.220 e.